The maximum Gasteiger partial charge on any atom is 0.128 e. The molecular weight excluding hydrogens is 258 g/mol. The molecule has 2 fully saturated rings. The maximum absolute atomic E-state index is 6.24. The van der Waals surface area contributed by atoms with Crippen LogP contribution in [-0.2, 0) is 6.54 Å². The van der Waals surface area contributed by atoms with E-state index in [4.69, 9.17) is 11.6 Å². The largest absolute Gasteiger partial charge is 0.357 e. The molecule has 0 amide bonds. The number of hydrogen-bond donors (Lipinski definition) is 1. The topological polar surface area (TPSA) is 28.2 Å². The molecule has 3 nitrogen and oxygen atoms in total. The number of aromatic nitrogens is 1. The minimum Gasteiger partial charge on any atom is -0.357 e. The molecule has 19 heavy (non-hydrogen) atoms. The van der Waals surface area contributed by atoms with Crippen molar-refractivity contribution in [2.24, 2.45) is 5.92 Å². The average Bonchev–Trinajstić information content (AvgIpc) is 3.23. The van der Waals surface area contributed by atoms with Crippen molar-refractivity contribution < 1.29 is 0 Å². The van der Waals surface area contributed by atoms with Gasteiger partial charge in [-0.1, -0.05) is 18.5 Å². The lowest BCUT2D eigenvalue weighted by atomic mass is 9.99. The van der Waals surface area contributed by atoms with Gasteiger partial charge in [0.15, 0.2) is 0 Å². The summed E-state index contributed by atoms with van der Waals surface area (Å²) in [5, 5.41) is 4.30. The molecule has 2 aliphatic rings. The minimum atomic E-state index is 0.712. The first kappa shape index (κ1) is 13.2. The first-order valence-corrected chi connectivity index (χ1v) is 7.73. The zero-order valence-corrected chi connectivity index (χ0v) is 12.3. The van der Waals surface area contributed by atoms with Crippen LogP contribution in [0.4, 0.5) is 5.82 Å². The van der Waals surface area contributed by atoms with Crippen molar-refractivity contribution >= 4 is 17.4 Å². The van der Waals surface area contributed by atoms with Gasteiger partial charge in [0.2, 0.25) is 0 Å². The second-order valence-electron chi connectivity index (χ2n) is 5.96. The van der Waals surface area contributed by atoms with Gasteiger partial charge in [0.25, 0.3) is 0 Å². The SMILES string of the molecule is CC1CCN(c2cc(CNC3CC3)c(Cl)cn2)CC1. The number of halogens is 1. The second kappa shape index (κ2) is 5.68. The predicted molar refractivity (Wildman–Crippen MR) is 79.7 cm³/mol. The van der Waals surface area contributed by atoms with Crippen LogP contribution in [0.5, 0.6) is 0 Å². The van der Waals surface area contributed by atoms with Crippen LogP contribution in [0.1, 0.15) is 38.2 Å². The van der Waals surface area contributed by atoms with Crippen LogP contribution in [-0.4, -0.2) is 24.1 Å². The van der Waals surface area contributed by atoms with E-state index < -0.39 is 0 Å². The minimum absolute atomic E-state index is 0.712. The van der Waals surface area contributed by atoms with Gasteiger partial charge in [0.05, 0.1) is 5.02 Å². The number of anilines is 1. The van der Waals surface area contributed by atoms with Crippen molar-refractivity contribution in [3.63, 3.8) is 0 Å². The van der Waals surface area contributed by atoms with E-state index in [2.05, 4.69) is 28.2 Å². The predicted octanol–water partition coefficient (Wildman–Crippen LogP) is 3.22. The molecule has 1 aliphatic heterocycles. The van der Waals surface area contributed by atoms with Crippen molar-refractivity contribution in [3.05, 3.63) is 22.8 Å². The number of nitrogens with zero attached hydrogens (tertiary/aromatic N) is 2. The summed E-state index contributed by atoms with van der Waals surface area (Å²) in [6, 6.07) is 2.87. The monoisotopic (exact) mass is 279 g/mol. The van der Waals surface area contributed by atoms with Gasteiger partial charge in [-0.15, -0.1) is 0 Å². The Morgan fingerprint density at radius 2 is 2.05 bits per heavy atom. The van der Waals surface area contributed by atoms with Gasteiger partial charge in [0.1, 0.15) is 5.82 Å². The van der Waals surface area contributed by atoms with Crippen molar-refractivity contribution in [1.82, 2.24) is 10.3 Å². The summed E-state index contributed by atoms with van der Waals surface area (Å²) in [6.07, 6.45) is 6.94. The molecule has 0 bridgehead atoms. The Morgan fingerprint density at radius 1 is 1.32 bits per heavy atom. The molecule has 0 aromatic carbocycles. The molecular formula is C15H22ClN3. The molecule has 1 aromatic rings. The number of pyridine rings is 1. The van der Waals surface area contributed by atoms with E-state index in [9.17, 15) is 0 Å². The molecule has 1 aromatic heterocycles. The van der Waals surface area contributed by atoms with Crippen molar-refractivity contribution in [2.45, 2.75) is 45.2 Å². The molecule has 4 heteroatoms. The van der Waals surface area contributed by atoms with Crippen molar-refractivity contribution in [2.75, 3.05) is 18.0 Å². The van der Waals surface area contributed by atoms with Gasteiger partial charge in [-0.25, -0.2) is 4.98 Å². The molecule has 1 aliphatic carbocycles. The summed E-state index contributed by atoms with van der Waals surface area (Å²) < 4.78 is 0. The number of piperidine rings is 1. The fraction of sp³-hybridized carbons (Fsp3) is 0.667. The van der Waals surface area contributed by atoms with Gasteiger partial charge < -0.3 is 10.2 Å². The summed E-state index contributed by atoms with van der Waals surface area (Å²) in [5.41, 5.74) is 1.18. The van der Waals surface area contributed by atoms with Crippen LogP contribution in [0.15, 0.2) is 12.3 Å². The maximum atomic E-state index is 6.24. The molecule has 1 saturated heterocycles. The molecule has 1 N–H and O–H groups in total. The molecule has 104 valence electrons. The van der Waals surface area contributed by atoms with Crippen LogP contribution >= 0.6 is 11.6 Å². The number of hydrogen-bond acceptors (Lipinski definition) is 3. The van der Waals surface area contributed by atoms with Gasteiger partial charge in [-0.2, -0.15) is 0 Å². The van der Waals surface area contributed by atoms with Crippen LogP contribution in [0.25, 0.3) is 0 Å². The molecule has 1 saturated carbocycles. The van der Waals surface area contributed by atoms with E-state index in [0.29, 0.717) is 6.04 Å². The van der Waals surface area contributed by atoms with Crippen molar-refractivity contribution in [3.8, 4) is 0 Å². The van der Waals surface area contributed by atoms with Gasteiger partial charge in [0, 0.05) is 31.9 Å². The average molecular weight is 280 g/mol. The highest BCUT2D eigenvalue weighted by atomic mass is 35.5. The van der Waals surface area contributed by atoms with E-state index in [0.717, 1.165) is 36.4 Å². The summed E-state index contributed by atoms with van der Waals surface area (Å²) >= 11 is 6.24. The summed E-state index contributed by atoms with van der Waals surface area (Å²) in [5.74, 6) is 1.93. The highest BCUT2D eigenvalue weighted by Crippen LogP contribution is 2.26. The molecule has 2 heterocycles. The Hall–Kier alpha value is -0.800. The zero-order chi connectivity index (χ0) is 13.2. The second-order valence-corrected chi connectivity index (χ2v) is 6.37. The fourth-order valence-electron chi connectivity index (χ4n) is 2.56. The van der Waals surface area contributed by atoms with Gasteiger partial charge in [-0.3, -0.25) is 0 Å². The van der Waals surface area contributed by atoms with E-state index in [1.165, 1.54) is 31.2 Å². The quantitative estimate of drug-likeness (QED) is 0.917. The van der Waals surface area contributed by atoms with E-state index >= 15 is 0 Å². The molecule has 0 unspecified atom stereocenters. The van der Waals surface area contributed by atoms with Crippen LogP contribution in [0, 0.1) is 5.92 Å². The highest BCUT2D eigenvalue weighted by Gasteiger charge is 2.21. The molecule has 0 radical (unpaired) electrons. The van der Waals surface area contributed by atoms with Gasteiger partial charge in [-0.05, 0) is 43.2 Å². The Kier molecular flexibility index (Phi) is 3.94. The van der Waals surface area contributed by atoms with Crippen LogP contribution in [0.3, 0.4) is 0 Å². The Balaban J connectivity index is 1.68. The summed E-state index contributed by atoms with van der Waals surface area (Å²) in [7, 11) is 0. The zero-order valence-electron chi connectivity index (χ0n) is 11.5. The third-order valence-electron chi connectivity index (χ3n) is 4.19. The normalized spacial score (nSPS) is 20.8. The van der Waals surface area contributed by atoms with Crippen LogP contribution < -0.4 is 10.2 Å². The third kappa shape index (κ3) is 3.40. The first-order chi connectivity index (χ1) is 9.22. The third-order valence-corrected chi connectivity index (χ3v) is 4.53. The molecule has 3 rings (SSSR count). The Bertz CT molecular complexity index is 437. The summed E-state index contributed by atoms with van der Waals surface area (Å²) in [6.45, 7) is 5.43. The molecule has 0 spiro atoms. The number of nitrogens with one attached hydrogen (secondary N) is 1. The van der Waals surface area contributed by atoms with E-state index in [1.54, 1.807) is 6.20 Å². The Labute approximate surface area is 120 Å². The lowest BCUT2D eigenvalue weighted by Crippen LogP contribution is -2.33. The van der Waals surface area contributed by atoms with E-state index in [1.807, 2.05) is 0 Å². The highest BCUT2D eigenvalue weighted by molar-refractivity contribution is 6.31. The van der Waals surface area contributed by atoms with E-state index in [-0.39, 0.29) is 0 Å². The lowest BCUT2D eigenvalue weighted by molar-refractivity contribution is 0.436. The standard InChI is InChI=1S/C15H22ClN3/c1-11-4-6-19(7-5-11)15-8-12(14(16)10-18-15)9-17-13-2-3-13/h8,10-11,13,17H,2-7,9H2,1H3. The summed E-state index contributed by atoms with van der Waals surface area (Å²) in [4.78, 5) is 6.88. The fourth-order valence-corrected chi connectivity index (χ4v) is 2.73. The Morgan fingerprint density at radius 3 is 2.74 bits per heavy atom. The molecule has 0 atom stereocenters. The lowest BCUT2D eigenvalue weighted by Gasteiger charge is -2.31. The first-order valence-electron chi connectivity index (χ1n) is 7.35. The van der Waals surface area contributed by atoms with Crippen LogP contribution in [0.2, 0.25) is 5.02 Å². The van der Waals surface area contributed by atoms with Crippen molar-refractivity contribution in [1.29, 1.82) is 0 Å². The van der Waals surface area contributed by atoms with Gasteiger partial charge >= 0.3 is 0 Å². The number of rotatable bonds is 4. The smallest absolute Gasteiger partial charge is 0.128 e.